The third kappa shape index (κ3) is 3.05. The van der Waals surface area contributed by atoms with E-state index >= 15 is 0 Å². The Hall–Kier alpha value is -1.96. The highest BCUT2D eigenvalue weighted by molar-refractivity contribution is 5.50. The van der Waals surface area contributed by atoms with Crippen LogP contribution < -0.4 is 10.1 Å². The molecule has 0 spiro atoms. The predicted octanol–water partition coefficient (Wildman–Crippen LogP) is 5.14. The maximum absolute atomic E-state index is 5.49. The Morgan fingerprint density at radius 2 is 1.71 bits per heavy atom. The molecule has 0 amide bonds. The Labute approximate surface area is 127 Å². The first-order valence-electron chi connectivity index (χ1n) is 7.86. The highest BCUT2D eigenvalue weighted by Crippen LogP contribution is 2.38. The molecule has 1 aliphatic rings. The molecule has 110 valence electrons. The summed E-state index contributed by atoms with van der Waals surface area (Å²) in [6.07, 6.45) is 2.43. The van der Waals surface area contributed by atoms with E-state index in [4.69, 9.17) is 4.74 Å². The van der Waals surface area contributed by atoms with E-state index < -0.39 is 0 Å². The molecule has 0 radical (unpaired) electrons. The number of nitrogens with one attached hydrogen (secondary N) is 1. The van der Waals surface area contributed by atoms with Crippen molar-refractivity contribution in [1.29, 1.82) is 0 Å². The van der Waals surface area contributed by atoms with Crippen molar-refractivity contribution in [1.82, 2.24) is 0 Å². The molecule has 2 aromatic rings. The molecule has 0 heterocycles. The second-order valence-corrected chi connectivity index (χ2v) is 5.76. The molecule has 2 heteroatoms. The van der Waals surface area contributed by atoms with Crippen LogP contribution in [0.3, 0.4) is 0 Å². The Morgan fingerprint density at radius 3 is 2.43 bits per heavy atom. The van der Waals surface area contributed by atoms with Crippen molar-refractivity contribution in [3.63, 3.8) is 0 Å². The number of rotatable bonds is 4. The van der Waals surface area contributed by atoms with Crippen LogP contribution in [0.1, 0.15) is 49.8 Å². The molecule has 1 aliphatic carbocycles. The molecule has 0 aromatic heterocycles. The number of benzene rings is 2. The van der Waals surface area contributed by atoms with Gasteiger partial charge in [0.15, 0.2) is 0 Å². The van der Waals surface area contributed by atoms with E-state index in [0.29, 0.717) is 18.6 Å². The van der Waals surface area contributed by atoms with E-state index in [1.54, 1.807) is 0 Å². The van der Waals surface area contributed by atoms with Crippen LogP contribution in [0.15, 0.2) is 48.5 Å². The standard InChI is InChI=1S/C19H23NO/c1-3-21-16-11-9-15(10-12-16)20-19-13-8-14(2)17-6-4-5-7-18(17)19/h4-7,9-12,14,19-20H,3,8,13H2,1-2H3. The highest BCUT2D eigenvalue weighted by Gasteiger charge is 2.23. The van der Waals surface area contributed by atoms with E-state index in [0.717, 1.165) is 11.4 Å². The molecule has 2 aromatic carbocycles. The van der Waals surface area contributed by atoms with Crippen LogP contribution in [0.5, 0.6) is 5.75 Å². The summed E-state index contributed by atoms with van der Waals surface area (Å²) in [5.41, 5.74) is 4.10. The van der Waals surface area contributed by atoms with Gasteiger partial charge >= 0.3 is 0 Å². The first-order valence-corrected chi connectivity index (χ1v) is 7.86. The van der Waals surface area contributed by atoms with Crippen LogP contribution >= 0.6 is 0 Å². The summed E-state index contributed by atoms with van der Waals surface area (Å²) in [5.74, 6) is 1.60. The number of hydrogen-bond donors (Lipinski definition) is 1. The van der Waals surface area contributed by atoms with Crippen molar-refractivity contribution in [2.75, 3.05) is 11.9 Å². The fourth-order valence-electron chi connectivity index (χ4n) is 3.17. The summed E-state index contributed by atoms with van der Waals surface area (Å²) in [6, 6.07) is 17.5. The van der Waals surface area contributed by atoms with Crippen molar-refractivity contribution < 1.29 is 4.74 Å². The van der Waals surface area contributed by atoms with Gasteiger partial charge in [-0.2, -0.15) is 0 Å². The normalized spacial score (nSPS) is 20.7. The summed E-state index contributed by atoms with van der Waals surface area (Å²) in [5, 5.41) is 3.67. The molecule has 0 saturated heterocycles. The molecular formula is C19H23NO. The quantitative estimate of drug-likeness (QED) is 0.838. The minimum absolute atomic E-state index is 0.412. The molecule has 0 bridgehead atoms. The van der Waals surface area contributed by atoms with Gasteiger partial charge in [0.1, 0.15) is 5.75 Å². The zero-order valence-corrected chi connectivity index (χ0v) is 12.8. The lowest BCUT2D eigenvalue weighted by molar-refractivity contribution is 0.340. The van der Waals surface area contributed by atoms with Crippen molar-refractivity contribution in [2.45, 2.75) is 38.6 Å². The van der Waals surface area contributed by atoms with Crippen LogP contribution in [0.2, 0.25) is 0 Å². The highest BCUT2D eigenvalue weighted by atomic mass is 16.5. The van der Waals surface area contributed by atoms with E-state index in [1.807, 2.05) is 19.1 Å². The van der Waals surface area contributed by atoms with Crippen molar-refractivity contribution >= 4 is 5.69 Å². The first-order chi connectivity index (χ1) is 10.3. The molecule has 2 nitrogen and oxygen atoms in total. The number of fused-ring (bicyclic) bond motifs is 1. The van der Waals surface area contributed by atoms with E-state index in [9.17, 15) is 0 Å². The Bertz CT molecular complexity index is 591. The maximum atomic E-state index is 5.49. The van der Waals surface area contributed by atoms with Gasteiger partial charge in [-0.3, -0.25) is 0 Å². The number of anilines is 1. The monoisotopic (exact) mass is 281 g/mol. The minimum Gasteiger partial charge on any atom is -0.494 e. The number of ether oxygens (including phenoxy) is 1. The molecular weight excluding hydrogens is 258 g/mol. The lowest BCUT2D eigenvalue weighted by Gasteiger charge is -2.31. The number of hydrogen-bond acceptors (Lipinski definition) is 2. The second kappa shape index (κ2) is 6.21. The SMILES string of the molecule is CCOc1ccc(NC2CCC(C)c3ccccc32)cc1. The third-order valence-electron chi connectivity index (χ3n) is 4.30. The second-order valence-electron chi connectivity index (χ2n) is 5.76. The average molecular weight is 281 g/mol. The van der Waals surface area contributed by atoms with Crippen molar-refractivity contribution in [2.24, 2.45) is 0 Å². The molecule has 1 N–H and O–H groups in total. The van der Waals surface area contributed by atoms with E-state index in [2.05, 4.69) is 48.6 Å². The lowest BCUT2D eigenvalue weighted by atomic mass is 9.81. The van der Waals surface area contributed by atoms with Crippen LogP contribution in [-0.2, 0) is 0 Å². The van der Waals surface area contributed by atoms with Gasteiger partial charge < -0.3 is 10.1 Å². The van der Waals surface area contributed by atoms with Gasteiger partial charge in [0.05, 0.1) is 12.6 Å². The van der Waals surface area contributed by atoms with Gasteiger partial charge in [-0.05, 0) is 61.1 Å². The van der Waals surface area contributed by atoms with E-state index in [-0.39, 0.29) is 0 Å². The summed E-state index contributed by atoms with van der Waals surface area (Å²) in [4.78, 5) is 0. The summed E-state index contributed by atoms with van der Waals surface area (Å²) in [7, 11) is 0. The van der Waals surface area contributed by atoms with Crippen molar-refractivity contribution in [3.8, 4) is 5.75 Å². The van der Waals surface area contributed by atoms with Crippen LogP contribution in [0, 0.1) is 0 Å². The lowest BCUT2D eigenvalue weighted by Crippen LogP contribution is -2.19. The first kappa shape index (κ1) is 14.0. The fraction of sp³-hybridized carbons (Fsp3) is 0.368. The van der Waals surface area contributed by atoms with Gasteiger partial charge in [0.2, 0.25) is 0 Å². The Balaban J connectivity index is 1.78. The summed E-state index contributed by atoms with van der Waals surface area (Å²) < 4.78 is 5.49. The molecule has 0 saturated carbocycles. The molecule has 2 atom stereocenters. The Morgan fingerprint density at radius 1 is 1.00 bits per heavy atom. The van der Waals surface area contributed by atoms with Gasteiger partial charge in [-0.1, -0.05) is 31.2 Å². The molecule has 3 rings (SSSR count). The molecule has 21 heavy (non-hydrogen) atoms. The summed E-state index contributed by atoms with van der Waals surface area (Å²) in [6.45, 7) is 5.04. The predicted molar refractivity (Wildman–Crippen MR) is 88.1 cm³/mol. The largest absolute Gasteiger partial charge is 0.494 e. The minimum atomic E-state index is 0.412. The van der Waals surface area contributed by atoms with E-state index in [1.165, 1.54) is 24.0 Å². The van der Waals surface area contributed by atoms with Crippen molar-refractivity contribution in [3.05, 3.63) is 59.7 Å². The van der Waals surface area contributed by atoms with Crippen LogP contribution in [-0.4, -0.2) is 6.61 Å². The summed E-state index contributed by atoms with van der Waals surface area (Å²) >= 11 is 0. The molecule has 2 unspecified atom stereocenters. The van der Waals surface area contributed by atoms with Gasteiger partial charge in [0, 0.05) is 5.69 Å². The van der Waals surface area contributed by atoms with Crippen LogP contribution in [0.4, 0.5) is 5.69 Å². The zero-order valence-electron chi connectivity index (χ0n) is 12.8. The smallest absolute Gasteiger partial charge is 0.119 e. The van der Waals surface area contributed by atoms with Crippen LogP contribution in [0.25, 0.3) is 0 Å². The van der Waals surface area contributed by atoms with Gasteiger partial charge in [0.25, 0.3) is 0 Å². The van der Waals surface area contributed by atoms with Gasteiger partial charge in [-0.25, -0.2) is 0 Å². The maximum Gasteiger partial charge on any atom is 0.119 e. The topological polar surface area (TPSA) is 21.3 Å². The van der Waals surface area contributed by atoms with Gasteiger partial charge in [-0.15, -0.1) is 0 Å². The fourth-order valence-corrected chi connectivity index (χ4v) is 3.17. The third-order valence-corrected chi connectivity index (χ3v) is 4.30. The molecule has 0 fully saturated rings. The Kier molecular flexibility index (Phi) is 4.14. The zero-order chi connectivity index (χ0) is 14.7. The average Bonchev–Trinajstić information content (AvgIpc) is 2.52. The molecule has 0 aliphatic heterocycles.